The third-order valence-corrected chi connectivity index (χ3v) is 3.32. The van der Waals surface area contributed by atoms with Crippen molar-refractivity contribution in [1.29, 1.82) is 0 Å². The molecule has 2 rings (SSSR count). The van der Waals surface area contributed by atoms with Crippen molar-refractivity contribution in [2.45, 2.75) is 26.5 Å². The fourth-order valence-corrected chi connectivity index (χ4v) is 2.19. The van der Waals surface area contributed by atoms with E-state index in [1.165, 1.54) is 0 Å². The minimum Gasteiger partial charge on any atom is -0.508 e. The molecule has 0 heterocycles. The summed E-state index contributed by atoms with van der Waals surface area (Å²) in [5.41, 5.74) is 4.00. The van der Waals surface area contributed by atoms with Gasteiger partial charge in [0.1, 0.15) is 5.75 Å². The summed E-state index contributed by atoms with van der Waals surface area (Å²) in [6.07, 6.45) is -0.540. The molecule has 0 aliphatic rings. The lowest BCUT2D eigenvalue weighted by atomic mass is 10.1. The molecule has 3 heteroatoms. The molecule has 0 bridgehead atoms. The maximum absolute atomic E-state index is 10.1. The molecule has 0 saturated heterocycles. The van der Waals surface area contributed by atoms with E-state index in [1.807, 2.05) is 50.2 Å². The lowest BCUT2D eigenvalue weighted by Crippen LogP contribution is -2.21. The number of phenols is 1. The minimum atomic E-state index is -0.540. The first-order chi connectivity index (χ1) is 9.56. The number of aliphatic hydroxyl groups is 1. The Balaban J connectivity index is 1.91. The fraction of sp³-hybridized carbons (Fsp3) is 0.294. The number of phenolic OH excluding ortho intramolecular Hbond substituents is 1. The van der Waals surface area contributed by atoms with E-state index in [4.69, 9.17) is 0 Å². The number of benzene rings is 2. The molecule has 3 N–H and O–H groups in total. The van der Waals surface area contributed by atoms with Gasteiger partial charge in [0.25, 0.3) is 0 Å². The summed E-state index contributed by atoms with van der Waals surface area (Å²) in [5, 5.41) is 23.1. The van der Waals surface area contributed by atoms with Crippen LogP contribution in [0.5, 0.6) is 5.75 Å². The molecule has 0 radical (unpaired) electrons. The number of rotatable bonds is 5. The van der Waals surface area contributed by atoms with Crippen LogP contribution in [0.4, 0.5) is 0 Å². The van der Waals surface area contributed by atoms with E-state index >= 15 is 0 Å². The summed E-state index contributed by atoms with van der Waals surface area (Å²) >= 11 is 0. The molecule has 0 aromatic heterocycles. The van der Waals surface area contributed by atoms with Crippen molar-refractivity contribution in [3.05, 3.63) is 64.7 Å². The monoisotopic (exact) mass is 271 g/mol. The Bertz CT molecular complexity index is 581. The van der Waals surface area contributed by atoms with Crippen LogP contribution in [0.15, 0.2) is 42.5 Å². The third-order valence-electron chi connectivity index (χ3n) is 3.32. The Kier molecular flexibility index (Phi) is 4.77. The van der Waals surface area contributed by atoms with Gasteiger partial charge in [-0.2, -0.15) is 0 Å². The van der Waals surface area contributed by atoms with E-state index < -0.39 is 6.10 Å². The van der Waals surface area contributed by atoms with Crippen LogP contribution in [0.1, 0.15) is 28.4 Å². The van der Waals surface area contributed by atoms with Gasteiger partial charge in [-0.1, -0.05) is 47.5 Å². The third kappa shape index (κ3) is 3.83. The van der Waals surface area contributed by atoms with Crippen LogP contribution in [0.2, 0.25) is 0 Å². The highest BCUT2D eigenvalue weighted by Gasteiger charge is 2.08. The Hall–Kier alpha value is -1.84. The molecule has 20 heavy (non-hydrogen) atoms. The number of aliphatic hydroxyl groups excluding tert-OH is 1. The molecule has 2 aromatic rings. The molecule has 3 nitrogen and oxygen atoms in total. The SMILES string of the molecule is Cc1cccc(C(O)CNCc2cc(C)ccc2O)c1. The van der Waals surface area contributed by atoms with Crippen LogP contribution in [-0.4, -0.2) is 16.8 Å². The predicted molar refractivity (Wildman–Crippen MR) is 80.7 cm³/mol. The van der Waals surface area contributed by atoms with Gasteiger partial charge in [-0.3, -0.25) is 0 Å². The van der Waals surface area contributed by atoms with Crippen LogP contribution in [0.3, 0.4) is 0 Å². The van der Waals surface area contributed by atoms with E-state index in [0.717, 1.165) is 22.3 Å². The van der Waals surface area contributed by atoms with Gasteiger partial charge in [0, 0.05) is 18.7 Å². The summed E-state index contributed by atoms with van der Waals surface area (Å²) in [7, 11) is 0. The summed E-state index contributed by atoms with van der Waals surface area (Å²) < 4.78 is 0. The van der Waals surface area contributed by atoms with Gasteiger partial charge in [-0.05, 0) is 25.5 Å². The van der Waals surface area contributed by atoms with E-state index in [0.29, 0.717) is 13.1 Å². The molecule has 0 spiro atoms. The van der Waals surface area contributed by atoms with Gasteiger partial charge in [-0.25, -0.2) is 0 Å². The second kappa shape index (κ2) is 6.55. The molecule has 0 saturated carbocycles. The van der Waals surface area contributed by atoms with Crippen LogP contribution in [-0.2, 0) is 6.54 Å². The smallest absolute Gasteiger partial charge is 0.120 e. The van der Waals surface area contributed by atoms with Crippen LogP contribution < -0.4 is 5.32 Å². The number of hydrogen-bond acceptors (Lipinski definition) is 3. The Morgan fingerprint density at radius 3 is 2.55 bits per heavy atom. The molecule has 0 aliphatic carbocycles. The largest absolute Gasteiger partial charge is 0.508 e. The maximum atomic E-state index is 10.1. The molecule has 0 fully saturated rings. The highest BCUT2D eigenvalue weighted by molar-refractivity contribution is 5.35. The van der Waals surface area contributed by atoms with E-state index in [-0.39, 0.29) is 5.75 Å². The maximum Gasteiger partial charge on any atom is 0.120 e. The molecular weight excluding hydrogens is 250 g/mol. The zero-order valence-corrected chi connectivity index (χ0v) is 11.9. The summed E-state index contributed by atoms with van der Waals surface area (Å²) in [4.78, 5) is 0. The second-order valence-corrected chi connectivity index (χ2v) is 5.19. The lowest BCUT2D eigenvalue weighted by Gasteiger charge is -2.13. The van der Waals surface area contributed by atoms with Crippen LogP contribution >= 0.6 is 0 Å². The highest BCUT2D eigenvalue weighted by Crippen LogP contribution is 2.18. The van der Waals surface area contributed by atoms with Gasteiger partial charge in [0.15, 0.2) is 0 Å². The quantitative estimate of drug-likeness (QED) is 0.784. The molecular formula is C17H21NO2. The summed E-state index contributed by atoms with van der Waals surface area (Å²) in [6, 6.07) is 13.4. The molecule has 1 unspecified atom stereocenters. The molecule has 1 atom stereocenters. The van der Waals surface area contributed by atoms with Gasteiger partial charge in [-0.15, -0.1) is 0 Å². The van der Waals surface area contributed by atoms with Crippen molar-refractivity contribution in [1.82, 2.24) is 5.32 Å². The fourth-order valence-electron chi connectivity index (χ4n) is 2.19. The number of hydrogen-bond donors (Lipinski definition) is 3. The van der Waals surface area contributed by atoms with Crippen LogP contribution in [0.25, 0.3) is 0 Å². The van der Waals surface area contributed by atoms with Crippen molar-refractivity contribution in [3.8, 4) is 5.75 Å². The average Bonchev–Trinajstić information content (AvgIpc) is 2.42. The number of nitrogens with one attached hydrogen (secondary N) is 1. The first kappa shape index (κ1) is 14.6. The minimum absolute atomic E-state index is 0.285. The van der Waals surface area contributed by atoms with Crippen molar-refractivity contribution in [2.24, 2.45) is 0 Å². The molecule has 106 valence electrons. The Labute approximate surface area is 119 Å². The van der Waals surface area contributed by atoms with Crippen molar-refractivity contribution in [3.63, 3.8) is 0 Å². The zero-order chi connectivity index (χ0) is 14.5. The lowest BCUT2D eigenvalue weighted by molar-refractivity contribution is 0.174. The standard InChI is InChI=1S/C17H21NO2/c1-12-4-3-5-14(8-12)17(20)11-18-10-15-9-13(2)6-7-16(15)19/h3-9,17-20H,10-11H2,1-2H3. The van der Waals surface area contributed by atoms with E-state index in [1.54, 1.807) is 6.07 Å². The van der Waals surface area contributed by atoms with Gasteiger partial charge in [0.05, 0.1) is 6.10 Å². The number of aromatic hydroxyl groups is 1. The topological polar surface area (TPSA) is 52.5 Å². The Morgan fingerprint density at radius 2 is 1.80 bits per heavy atom. The summed E-state index contributed by atoms with van der Waals surface area (Å²) in [6.45, 7) is 4.99. The highest BCUT2D eigenvalue weighted by atomic mass is 16.3. The van der Waals surface area contributed by atoms with Crippen molar-refractivity contribution >= 4 is 0 Å². The van der Waals surface area contributed by atoms with Crippen molar-refractivity contribution in [2.75, 3.05) is 6.54 Å². The second-order valence-electron chi connectivity index (χ2n) is 5.19. The first-order valence-electron chi connectivity index (χ1n) is 6.80. The summed E-state index contributed by atoms with van der Waals surface area (Å²) in [5.74, 6) is 0.285. The average molecular weight is 271 g/mol. The van der Waals surface area contributed by atoms with E-state index in [9.17, 15) is 10.2 Å². The van der Waals surface area contributed by atoms with Crippen molar-refractivity contribution < 1.29 is 10.2 Å². The Morgan fingerprint density at radius 1 is 1.05 bits per heavy atom. The molecule has 2 aromatic carbocycles. The van der Waals surface area contributed by atoms with Gasteiger partial charge in [0.2, 0.25) is 0 Å². The predicted octanol–water partition coefficient (Wildman–Crippen LogP) is 2.83. The van der Waals surface area contributed by atoms with Crippen LogP contribution in [0, 0.1) is 13.8 Å². The number of aryl methyl sites for hydroxylation is 2. The first-order valence-corrected chi connectivity index (χ1v) is 6.80. The zero-order valence-electron chi connectivity index (χ0n) is 11.9. The van der Waals surface area contributed by atoms with E-state index in [2.05, 4.69) is 5.32 Å². The van der Waals surface area contributed by atoms with Gasteiger partial charge >= 0.3 is 0 Å². The normalized spacial score (nSPS) is 12.3. The molecule has 0 aliphatic heterocycles. The molecule has 0 amide bonds. The van der Waals surface area contributed by atoms with Gasteiger partial charge < -0.3 is 15.5 Å².